The van der Waals surface area contributed by atoms with Crippen LogP contribution < -0.4 is 10.2 Å². The Bertz CT molecular complexity index is 1000. The number of hydrogen-bond acceptors (Lipinski definition) is 4. The van der Waals surface area contributed by atoms with E-state index in [1.54, 1.807) is 0 Å². The van der Waals surface area contributed by atoms with E-state index in [4.69, 9.17) is 0 Å². The molecule has 2 heterocycles. The van der Waals surface area contributed by atoms with Crippen molar-refractivity contribution in [3.8, 4) is 0 Å². The summed E-state index contributed by atoms with van der Waals surface area (Å²) in [6.07, 6.45) is 3.39. The average molecular weight is 410 g/mol. The van der Waals surface area contributed by atoms with Crippen molar-refractivity contribution in [2.75, 3.05) is 19.6 Å². The first-order chi connectivity index (χ1) is 14.2. The van der Waals surface area contributed by atoms with Gasteiger partial charge in [-0.25, -0.2) is 0 Å². The summed E-state index contributed by atoms with van der Waals surface area (Å²) in [7, 11) is 0. The Morgan fingerprint density at radius 3 is 2.52 bits per heavy atom. The number of likely N-dealkylation sites (tertiary alicyclic amines) is 1. The van der Waals surface area contributed by atoms with Crippen LogP contribution in [0.2, 0.25) is 0 Å². The molecule has 0 saturated carbocycles. The van der Waals surface area contributed by atoms with Crippen molar-refractivity contribution in [1.82, 2.24) is 14.8 Å². The van der Waals surface area contributed by atoms with Gasteiger partial charge in [0.2, 0.25) is 5.91 Å². The van der Waals surface area contributed by atoms with Crippen LogP contribution in [0.25, 0.3) is 10.2 Å². The summed E-state index contributed by atoms with van der Waals surface area (Å²) in [4.78, 5) is 27.0. The lowest BCUT2D eigenvalue weighted by atomic mass is 10.0. The minimum atomic E-state index is 0.110. The van der Waals surface area contributed by atoms with Crippen LogP contribution in [-0.4, -0.2) is 41.1 Å². The molecule has 152 valence electrons. The van der Waals surface area contributed by atoms with Gasteiger partial charge in [0.05, 0.1) is 16.6 Å². The summed E-state index contributed by atoms with van der Waals surface area (Å²) >= 11 is 1.32. The smallest absolute Gasteiger partial charge is 0.308 e. The number of amides is 1. The number of carbonyl (C=O) groups is 1. The number of nitrogens with zero attached hydrogens (tertiary/aromatic N) is 2. The molecule has 2 aromatic carbocycles. The van der Waals surface area contributed by atoms with Gasteiger partial charge < -0.3 is 10.2 Å². The van der Waals surface area contributed by atoms with Gasteiger partial charge in [-0.1, -0.05) is 53.8 Å². The molecular weight excluding hydrogens is 382 g/mol. The summed E-state index contributed by atoms with van der Waals surface area (Å²) in [6, 6.07) is 18.1. The highest BCUT2D eigenvalue weighted by atomic mass is 32.1. The third kappa shape index (κ3) is 5.14. The van der Waals surface area contributed by atoms with Gasteiger partial charge in [-0.05, 0) is 43.5 Å². The molecule has 1 fully saturated rings. The number of rotatable bonds is 7. The summed E-state index contributed by atoms with van der Waals surface area (Å²) in [5, 5.41) is 3.18. The van der Waals surface area contributed by atoms with Crippen molar-refractivity contribution in [3.05, 3.63) is 69.8 Å². The Balaban J connectivity index is 1.20. The lowest BCUT2D eigenvalue weighted by molar-refractivity contribution is -0.121. The first kappa shape index (κ1) is 19.9. The van der Waals surface area contributed by atoms with Crippen LogP contribution in [0.4, 0.5) is 0 Å². The molecule has 0 radical (unpaired) electrons. The monoisotopic (exact) mass is 409 g/mol. The molecule has 1 saturated heterocycles. The molecule has 0 atom stereocenters. The first-order valence-electron chi connectivity index (χ1n) is 10.3. The van der Waals surface area contributed by atoms with E-state index in [-0.39, 0.29) is 16.8 Å². The maximum Gasteiger partial charge on any atom is 0.308 e. The van der Waals surface area contributed by atoms with Gasteiger partial charge in [-0.15, -0.1) is 0 Å². The minimum Gasteiger partial charge on any atom is -0.353 e. The van der Waals surface area contributed by atoms with Gasteiger partial charge in [-0.2, -0.15) is 0 Å². The molecule has 1 aliphatic rings. The quantitative estimate of drug-likeness (QED) is 0.652. The largest absolute Gasteiger partial charge is 0.353 e. The van der Waals surface area contributed by atoms with Crippen molar-refractivity contribution < 1.29 is 4.79 Å². The second kappa shape index (κ2) is 9.37. The van der Waals surface area contributed by atoms with Crippen molar-refractivity contribution >= 4 is 27.5 Å². The molecule has 1 aromatic heterocycles. The highest BCUT2D eigenvalue weighted by molar-refractivity contribution is 7.16. The van der Waals surface area contributed by atoms with Crippen LogP contribution >= 0.6 is 11.3 Å². The predicted octanol–water partition coefficient (Wildman–Crippen LogP) is 3.28. The van der Waals surface area contributed by atoms with Crippen LogP contribution in [0.3, 0.4) is 0 Å². The molecule has 0 aliphatic carbocycles. The molecule has 1 amide bonds. The molecule has 1 N–H and O–H groups in total. The fourth-order valence-corrected chi connectivity index (χ4v) is 4.96. The molecule has 29 heavy (non-hydrogen) atoms. The van der Waals surface area contributed by atoms with E-state index >= 15 is 0 Å². The maximum absolute atomic E-state index is 12.2. The Morgan fingerprint density at radius 2 is 1.72 bits per heavy atom. The van der Waals surface area contributed by atoms with E-state index in [0.29, 0.717) is 6.42 Å². The van der Waals surface area contributed by atoms with E-state index in [2.05, 4.69) is 10.2 Å². The number of carbonyl (C=O) groups excluding carboxylic acids is 1. The van der Waals surface area contributed by atoms with Gasteiger partial charge in [0, 0.05) is 25.7 Å². The number of nitrogens with one attached hydrogen (secondary N) is 1. The zero-order chi connectivity index (χ0) is 20.1. The van der Waals surface area contributed by atoms with Crippen molar-refractivity contribution in [1.29, 1.82) is 0 Å². The zero-order valence-electron chi connectivity index (χ0n) is 16.5. The highest BCUT2D eigenvalue weighted by Gasteiger charge is 2.20. The number of hydrogen-bond donors (Lipinski definition) is 1. The maximum atomic E-state index is 12.2. The number of aromatic nitrogens is 1. The number of piperidine rings is 1. The number of fused-ring (bicyclic) bond motifs is 1. The molecule has 4 rings (SSSR count). The van der Waals surface area contributed by atoms with E-state index in [1.807, 2.05) is 59.2 Å². The Hall–Kier alpha value is -2.44. The van der Waals surface area contributed by atoms with Crippen LogP contribution in [0.15, 0.2) is 59.4 Å². The Labute approximate surface area is 175 Å². The van der Waals surface area contributed by atoms with Crippen LogP contribution in [-0.2, 0) is 17.8 Å². The Kier molecular flexibility index (Phi) is 6.42. The molecular formula is C23H27N3O2S. The van der Waals surface area contributed by atoms with Crippen molar-refractivity contribution in [2.45, 2.75) is 38.3 Å². The standard InChI is InChI=1S/C23H27N3O2S/c27-22(17-18-7-2-1-3-8-18)24-19-11-15-25(16-12-19)13-6-14-26-20-9-4-5-10-21(20)29-23(26)28/h1-5,7-10,19H,6,11-17H2,(H,24,27). The summed E-state index contributed by atoms with van der Waals surface area (Å²) in [6.45, 7) is 3.74. The second-order valence-corrected chi connectivity index (χ2v) is 8.68. The van der Waals surface area contributed by atoms with Crippen molar-refractivity contribution in [2.24, 2.45) is 0 Å². The SMILES string of the molecule is O=C(Cc1ccccc1)NC1CCN(CCCn2c(=O)sc3ccccc32)CC1. The summed E-state index contributed by atoms with van der Waals surface area (Å²) in [5.74, 6) is 0.110. The van der Waals surface area contributed by atoms with E-state index in [0.717, 1.165) is 61.2 Å². The molecule has 0 spiro atoms. The molecule has 0 bridgehead atoms. The zero-order valence-corrected chi connectivity index (χ0v) is 17.4. The molecule has 3 aromatic rings. The van der Waals surface area contributed by atoms with Crippen molar-refractivity contribution in [3.63, 3.8) is 0 Å². The lowest BCUT2D eigenvalue weighted by Crippen LogP contribution is -2.45. The number of aryl methyl sites for hydroxylation is 1. The van der Waals surface area contributed by atoms with Crippen LogP contribution in [0.5, 0.6) is 0 Å². The van der Waals surface area contributed by atoms with Gasteiger partial charge in [0.25, 0.3) is 0 Å². The fraction of sp³-hybridized carbons (Fsp3) is 0.391. The van der Waals surface area contributed by atoms with E-state index in [9.17, 15) is 9.59 Å². The van der Waals surface area contributed by atoms with Gasteiger partial charge in [0.15, 0.2) is 0 Å². The number of benzene rings is 2. The second-order valence-electron chi connectivity index (χ2n) is 7.69. The average Bonchev–Trinajstić information content (AvgIpc) is 3.05. The molecule has 0 unspecified atom stereocenters. The van der Waals surface area contributed by atoms with Gasteiger partial charge in [-0.3, -0.25) is 14.2 Å². The minimum absolute atomic E-state index is 0.110. The Morgan fingerprint density at radius 1 is 1.00 bits per heavy atom. The normalized spacial score (nSPS) is 15.6. The molecule has 1 aliphatic heterocycles. The topological polar surface area (TPSA) is 54.3 Å². The number of thiazole rings is 1. The molecule has 6 heteroatoms. The first-order valence-corrected chi connectivity index (χ1v) is 11.1. The van der Waals surface area contributed by atoms with Crippen LogP contribution in [0, 0.1) is 0 Å². The van der Waals surface area contributed by atoms with E-state index < -0.39 is 0 Å². The number of para-hydroxylation sites is 1. The lowest BCUT2D eigenvalue weighted by Gasteiger charge is -2.32. The van der Waals surface area contributed by atoms with Gasteiger partial charge >= 0.3 is 4.87 Å². The fourth-order valence-electron chi connectivity index (χ4n) is 4.04. The predicted molar refractivity (Wildman–Crippen MR) is 118 cm³/mol. The molecule has 5 nitrogen and oxygen atoms in total. The third-order valence-electron chi connectivity index (χ3n) is 5.59. The van der Waals surface area contributed by atoms with Gasteiger partial charge in [0.1, 0.15) is 0 Å². The summed E-state index contributed by atoms with van der Waals surface area (Å²) in [5.41, 5.74) is 2.10. The van der Waals surface area contributed by atoms with E-state index in [1.165, 1.54) is 11.3 Å². The van der Waals surface area contributed by atoms with Crippen LogP contribution in [0.1, 0.15) is 24.8 Å². The third-order valence-corrected chi connectivity index (χ3v) is 6.55. The highest BCUT2D eigenvalue weighted by Crippen LogP contribution is 2.17. The summed E-state index contributed by atoms with van der Waals surface area (Å²) < 4.78 is 2.96.